The Morgan fingerprint density at radius 3 is 2.50 bits per heavy atom. The van der Waals surface area contributed by atoms with E-state index in [2.05, 4.69) is 6.58 Å². The maximum atomic E-state index is 4.94. The molecule has 0 bridgehead atoms. The Balaban J connectivity index is 3.37. The van der Waals surface area contributed by atoms with Crippen molar-refractivity contribution in [3.05, 3.63) is 47.4 Å². The summed E-state index contributed by atoms with van der Waals surface area (Å²) in [6.07, 6.45) is 5.43. The van der Waals surface area contributed by atoms with Gasteiger partial charge in [-0.3, -0.25) is 0 Å². The van der Waals surface area contributed by atoms with Crippen molar-refractivity contribution in [3.63, 3.8) is 0 Å². The molecule has 0 aliphatic carbocycles. The van der Waals surface area contributed by atoms with Gasteiger partial charge in [-0.2, -0.15) is 0 Å². The first-order valence-electron chi connectivity index (χ1n) is 3.79. The summed E-state index contributed by atoms with van der Waals surface area (Å²) in [5.41, 5.74) is 0. The van der Waals surface area contributed by atoms with E-state index in [4.69, 9.17) is 4.74 Å². The molecule has 1 aromatic rings. The van der Waals surface area contributed by atoms with Crippen LogP contribution < -0.4 is 10.4 Å². The van der Waals surface area contributed by atoms with Gasteiger partial charge in [0.1, 0.15) is 0 Å². The second kappa shape index (κ2) is 4.39. The molecular weight excluding hydrogens is 148 g/mol. The zero-order valence-electron chi connectivity index (χ0n) is 7.16. The first-order chi connectivity index (χ1) is 5.88. The molecule has 1 nitrogen and oxygen atoms in total. The van der Waals surface area contributed by atoms with Gasteiger partial charge in [0, 0.05) is 5.22 Å². The van der Waals surface area contributed by atoms with Gasteiger partial charge in [-0.05, 0) is 5.22 Å². The second-order valence-corrected chi connectivity index (χ2v) is 2.38. The summed E-state index contributed by atoms with van der Waals surface area (Å²) in [4.78, 5) is 0. The van der Waals surface area contributed by atoms with E-state index in [0.29, 0.717) is 0 Å². The molecule has 0 heterocycles. The van der Waals surface area contributed by atoms with Gasteiger partial charge < -0.3 is 4.74 Å². The average Bonchev–Trinajstić information content (AvgIpc) is 2.09. The van der Waals surface area contributed by atoms with E-state index >= 15 is 0 Å². The van der Waals surface area contributed by atoms with Gasteiger partial charge in [-0.15, -0.1) is 0 Å². The molecule has 12 heavy (non-hydrogen) atoms. The normalized spacial score (nSPS) is 13.1. The Labute approximate surface area is 72.3 Å². The second-order valence-electron chi connectivity index (χ2n) is 2.38. The lowest BCUT2D eigenvalue weighted by Crippen LogP contribution is -2.23. The fraction of sp³-hybridized carbons (Fsp3) is 0.0909. The van der Waals surface area contributed by atoms with Crippen molar-refractivity contribution in [2.45, 2.75) is 0 Å². The van der Waals surface area contributed by atoms with Crippen molar-refractivity contribution >= 4 is 12.3 Å². The molecule has 0 spiro atoms. The molecule has 1 heteroatoms. The fourth-order valence-corrected chi connectivity index (χ4v) is 1.02. The molecular formula is C11H12O. The Kier molecular flexibility index (Phi) is 3.15. The van der Waals surface area contributed by atoms with Gasteiger partial charge in [-0.25, -0.2) is 0 Å². The number of rotatable bonds is 2. The monoisotopic (exact) mass is 160 g/mol. The smallest absolute Gasteiger partial charge is 0.0903 e. The highest BCUT2D eigenvalue weighted by Crippen LogP contribution is 1.73. The summed E-state index contributed by atoms with van der Waals surface area (Å²) in [5.74, 6) is 0. The minimum Gasteiger partial charge on any atom is -0.504 e. The summed E-state index contributed by atoms with van der Waals surface area (Å²) in [6.45, 7) is 3.65. The highest BCUT2D eigenvalue weighted by atomic mass is 16.5. The molecule has 0 radical (unpaired) electrons. The van der Waals surface area contributed by atoms with Crippen molar-refractivity contribution < 1.29 is 4.74 Å². The van der Waals surface area contributed by atoms with Crippen LogP contribution in [-0.2, 0) is 4.74 Å². The molecule has 0 atom stereocenters. The third-order valence-corrected chi connectivity index (χ3v) is 1.54. The number of ether oxygens (including phenoxy) is 1. The van der Waals surface area contributed by atoms with Crippen LogP contribution >= 0.6 is 0 Å². The summed E-state index contributed by atoms with van der Waals surface area (Å²) in [5, 5.41) is 2.19. The van der Waals surface area contributed by atoms with Crippen molar-refractivity contribution in [2.24, 2.45) is 0 Å². The van der Waals surface area contributed by atoms with Crippen LogP contribution in [0.1, 0.15) is 0 Å². The summed E-state index contributed by atoms with van der Waals surface area (Å²) in [7, 11) is 1.64. The van der Waals surface area contributed by atoms with Gasteiger partial charge >= 0.3 is 0 Å². The molecule has 62 valence electrons. The number of allylic oxidation sites excluding steroid dienone is 1. The quantitative estimate of drug-likeness (QED) is 0.628. The van der Waals surface area contributed by atoms with E-state index < -0.39 is 0 Å². The van der Waals surface area contributed by atoms with Crippen LogP contribution in [-0.4, -0.2) is 7.11 Å². The number of hydrogen-bond acceptors (Lipinski definition) is 1. The Morgan fingerprint density at radius 2 is 1.92 bits per heavy atom. The minimum absolute atomic E-state index is 1.07. The SMILES string of the molecule is C=C/C=c1/cccc/c1=C/OC. The molecule has 1 aromatic carbocycles. The molecule has 0 aliphatic rings. The highest BCUT2D eigenvalue weighted by molar-refractivity contribution is 5.37. The van der Waals surface area contributed by atoms with Crippen molar-refractivity contribution in [1.29, 1.82) is 0 Å². The topological polar surface area (TPSA) is 9.23 Å². The van der Waals surface area contributed by atoms with Crippen LogP contribution in [0.5, 0.6) is 0 Å². The predicted octanol–water partition coefficient (Wildman–Crippen LogP) is 1.04. The molecule has 0 aliphatic heterocycles. The van der Waals surface area contributed by atoms with Crippen molar-refractivity contribution in [3.8, 4) is 0 Å². The van der Waals surface area contributed by atoms with E-state index in [1.807, 2.05) is 30.3 Å². The lowest BCUT2D eigenvalue weighted by Gasteiger charge is -1.89. The lowest BCUT2D eigenvalue weighted by atomic mass is 10.2. The standard InChI is InChI=1S/C11H12O/c1-3-6-10-7-4-5-8-11(10)9-12-2/h3-9H,1H2,2H3/b10-6-,11-9-. The zero-order chi connectivity index (χ0) is 8.81. The number of benzene rings is 1. The van der Waals surface area contributed by atoms with E-state index in [-0.39, 0.29) is 0 Å². The van der Waals surface area contributed by atoms with Gasteiger partial charge in [0.05, 0.1) is 13.4 Å². The van der Waals surface area contributed by atoms with Crippen molar-refractivity contribution in [2.75, 3.05) is 7.11 Å². The zero-order valence-corrected chi connectivity index (χ0v) is 7.16. The molecule has 0 N–H and O–H groups in total. The van der Waals surface area contributed by atoms with Crippen LogP contribution in [0.25, 0.3) is 12.3 Å². The van der Waals surface area contributed by atoms with Gasteiger partial charge in [0.15, 0.2) is 0 Å². The first kappa shape index (κ1) is 8.60. The molecule has 0 aromatic heterocycles. The number of hydrogen-bond donors (Lipinski definition) is 0. The minimum atomic E-state index is 1.07. The van der Waals surface area contributed by atoms with Crippen LogP contribution in [0, 0.1) is 0 Å². The van der Waals surface area contributed by atoms with Gasteiger partial charge in [-0.1, -0.05) is 43.0 Å². The largest absolute Gasteiger partial charge is 0.504 e. The van der Waals surface area contributed by atoms with E-state index in [9.17, 15) is 0 Å². The van der Waals surface area contributed by atoms with Crippen LogP contribution in [0.4, 0.5) is 0 Å². The highest BCUT2D eigenvalue weighted by Gasteiger charge is 1.80. The average molecular weight is 160 g/mol. The third-order valence-electron chi connectivity index (χ3n) is 1.54. The van der Waals surface area contributed by atoms with E-state index in [1.54, 1.807) is 19.4 Å². The Morgan fingerprint density at radius 1 is 1.25 bits per heavy atom. The molecule has 0 fully saturated rings. The third kappa shape index (κ3) is 1.99. The molecule has 0 unspecified atom stereocenters. The Bertz CT molecular complexity index is 363. The fourth-order valence-electron chi connectivity index (χ4n) is 1.02. The summed E-state index contributed by atoms with van der Waals surface area (Å²) < 4.78 is 4.94. The van der Waals surface area contributed by atoms with Crippen LogP contribution in [0.15, 0.2) is 36.9 Å². The van der Waals surface area contributed by atoms with Crippen LogP contribution in [0.2, 0.25) is 0 Å². The predicted molar refractivity (Wildman–Crippen MR) is 51.8 cm³/mol. The maximum absolute atomic E-state index is 4.94. The van der Waals surface area contributed by atoms with Crippen LogP contribution in [0.3, 0.4) is 0 Å². The van der Waals surface area contributed by atoms with E-state index in [0.717, 1.165) is 10.4 Å². The molecule has 0 saturated carbocycles. The Hall–Kier alpha value is -1.50. The molecule has 1 rings (SSSR count). The maximum Gasteiger partial charge on any atom is 0.0903 e. The molecule has 0 saturated heterocycles. The summed E-state index contributed by atoms with van der Waals surface area (Å²) in [6, 6.07) is 7.99. The first-order valence-corrected chi connectivity index (χ1v) is 3.79. The summed E-state index contributed by atoms with van der Waals surface area (Å²) >= 11 is 0. The van der Waals surface area contributed by atoms with Gasteiger partial charge in [0.2, 0.25) is 0 Å². The van der Waals surface area contributed by atoms with Gasteiger partial charge in [0.25, 0.3) is 0 Å². The lowest BCUT2D eigenvalue weighted by molar-refractivity contribution is 0.391. The van der Waals surface area contributed by atoms with E-state index in [1.165, 1.54) is 0 Å². The molecule has 0 amide bonds. The number of methoxy groups -OCH3 is 1. The van der Waals surface area contributed by atoms with Crippen molar-refractivity contribution in [1.82, 2.24) is 0 Å².